The van der Waals surface area contributed by atoms with Crippen molar-refractivity contribution in [3.8, 4) is 23.0 Å². The number of aromatic hydroxyl groups is 1. The number of aliphatic hydroxyl groups is 2. The van der Waals surface area contributed by atoms with Gasteiger partial charge in [-0.2, -0.15) is 0 Å². The highest BCUT2D eigenvalue weighted by Crippen LogP contribution is 2.48. The van der Waals surface area contributed by atoms with Gasteiger partial charge < -0.3 is 64.8 Å². The lowest BCUT2D eigenvalue weighted by Crippen LogP contribution is -2.50. The van der Waals surface area contributed by atoms with Crippen LogP contribution in [-0.4, -0.2) is 143 Å². The Hall–Kier alpha value is -6.70. The van der Waals surface area contributed by atoms with E-state index in [1.807, 2.05) is 12.1 Å². The Labute approximate surface area is 431 Å². The molecule has 6 aliphatic heterocycles. The average Bonchev–Trinajstić information content (AvgIpc) is 3.90. The molecule has 2 saturated heterocycles. The Kier molecular flexibility index (Phi) is 16.5. The molecule has 7 aliphatic rings. The summed E-state index contributed by atoms with van der Waals surface area (Å²) >= 11 is 0. The van der Waals surface area contributed by atoms with E-state index in [1.165, 1.54) is 19.3 Å². The van der Waals surface area contributed by atoms with Crippen LogP contribution in [0.3, 0.4) is 0 Å². The number of phenols is 1. The highest BCUT2D eigenvalue weighted by molar-refractivity contribution is 6.34. The van der Waals surface area contributed by atoms with E-state index >= 15 is 0 Å². The molecule has 398 valence electrons. The molecule has 5 atom stereocenters. The summed E-state index contributed by atoms with van der Waals surface area (Å²) in [7, 11) is 3.17. The number of hydrogen-bond acceptors (Lipinski definition) is 17. The van der Waals surface area contributed by atoms with E-state index in [0.717, 1.165) is 12.2 Å². The lowest BCUT2D eigenvalue weighted by Gasteiger charge is -2.38. The van der Waals surface area contributed by atoms with Crippen LogP contribution in [0.1, 0.15) is 117 Å². The van der Waals surface area contributed by atoms with Crippen molar-refractivity contribution in [1.82, 2.24) is 20.4 Å². The van der Waals surface area contributed by atoms with Gasteiger partial charge in [-0.15, -0.1) is 0 Å². The summed E-state index contributed by atoms with van der Waals surface area (Å²) in [6.07, 6.45) is 5.43. The highest BCUT2D eigenvalue weighted by Gasteiger charge is 2.51. The molecular formula is C55H70N6O13. The van der Waals surface area contributed by atoms with Crippen molar-refractivity contribution >= 4 is 40.7 Å². The topological polar surface area (TPSA) is 247 Å². The van der Waals surface area contributed by atoms with Gasteiger partial charge in [-0.05, 0) is 57.9 Å². The summed E-state index contributed by atoms with van der Waals surface area (Å²) in [5.74, 6) is -2.18. The number of hydrogen-bond donors (Lipinski definition) is 6. The smallest absolute Gasteiger partial charge is 0.315 e. The van der Waals surface area contributed by atoms with Crippen LogP contribution in [0.5, 0.6) is 23.0 Å². The number of Topliss-reactive ketones (excluding diaryl/α,β-unsaturated/α-hetero) is 2. The SMILES string of the molecule is COc1cc(NC2CCN(C(=O)CC(=O)O[C@@H]3CC/C=C/O[C@H]4Oc5c(C)c(O)c6c(c5C4=O)C4=NC5(CCN(CC(C)C)CC5)NC4=C(NC(=O)/C(C)=C\C=C\C(C)[C@H](O)CC(O)C3)C6=O)CC2)cc(OC)c1. The van der Waals surface area contributed by atoms with Crippen LogP contribution in [0.2, 0.25) is 0 Å². The van der Waals surface area contributed by atoms with Gasteiger partial charge in [0.1, 0.15) is 46.9 Å². The lowest BCUT2D eigenvalue weighted by molar-refractivity contribution is -0.155. The molecule has 74 heavy (non-hydrogen) atoms. The molecule has 1 aliphatic carbocycles. The zero-order chi connectivity index (χ0) is 53.0. The molecule has 6 N–H and O–H groups in total. The van der Waals surface area contributed by atoms with Crippen LogP contribution in [0.15, 0.2) is 70.7 Å². The Bertz CT molecular complexity index is 2650. The monoisotopic (exact) mass is 1020 g/mol. The first kappa shape index (κ1) is 53.6. The fourth-order valence-corrected chi connectivity index (χ4v) is 10.5. The van der Waals surface area contributed by atoms with E-state index in [0.29, 0.717) is 69.3 Å². The molecule has 1 spiro atoms. The molecule has 2 aromatic rings. The fourth-order valence-electron chi connectivity index (χ4n) is 10.5. The number of nitrogens with zero attached hydrogens (tertiary/aromatic N) is 3. The molecule has 9 rings (SSSR count). The average molecular weight is 1020 g/mol. The molecule has 5 bridgehead atoms. The third kappa shape index (κ3) is 11.8. The predicted molar refractivity (Wildman–Crippen MR) is 274 cm³/mol. The van der Waals surface area contributed by atoms with Crippen molar-refractivity contribution < 1.29 is 63.0 Å². The van der Waals surface area contributed by atoms with Crippen LogP contribution >= 0.6 is 0 Å². The minimum absolute atomic E-state index is 0.0255. The number of carbonyl (C=O) groups is 5. The number of piperidine rings is 2. The first-order valence-corrected chi connectivity index (χ1v) is 25.7. The Morgan fingerprint density at radius 3 is 2.32 bits per heavy atom. The second kappa shape index (κ2) is 22.8. The van der Waals surface area contributed by atoms with E-state index in [4.69, 9.17) is 28.7 Å². The van der Waals surface area contributed by atoms with E-state index in [1.54, 1.807) is 57.3 Å². The largest absolute Gasteiger partial charge is 0.507 e. The van der Waals surface area contributed by atoms with Crippen molar-refractivity contribution in [1.29, 1.82) is 0 Å². The molecule has 0 saturated carbocycles. The number of anilines is 1. The van der Waals surface area contributed by atoms with Crippen LogP contribution in [0, 0.1) is 18.8 Å². The Balaban J connectivity index is 0.999. The first-order chi connectivity index (χ1) is 35.4. The molecule has 0 radical (unpaired) electrons. The van der Waals surface area contributed by atoms with Crippen LogP contribution < -0.4 is 30.2 Å². The number of ether oxygens (including phenoxy) is 5. The number of fused-ring (bicyclic) bond motifs is 13. The molecule has 0 aromatic heterocycles. The molecule has 19 heteroatoms. The molecule has 6 heterocycles. The first-order valence-electron chi connectivity index (χ1n) is 25.7. The maximum Gasteiger partial charge on any atom is 0.315 e. The summed E-state index contributed by atoms with van der Waals surface area (Å²) in [6.45, 7) is 12.4. The van der Waals surface area contributed by atoms with Crippen LogP contribution in [0.25, 0.3) is 0 Å². The summed E-state index contributed by atoms with van der Waals surface area (Å²) < 4.78 is 28.6. The third-order valence-electron chi connectivity index (χ3n) is 14.6. The fraction of sp³-hybridized carbons (Fsp3) is 0.527. The minimum Gasteiger partial charge on any atom is -0.507 e. The lowest BCUT2D eigenvalue weighted by atomic mass is 9.83. The van der Waals surface area contributed by atoms with Gasteiger partial charge in [0.2, 0.25) is 17.5 Å². The maximum atomic E-state index is 14.7. The van der Waals surface area contributed by atoms with E-state index in [9.17, 15) is 39.3 Å². The summed E-state index contributed by atoms with van der Waals surface area (Å²) in [6, 6.07) is 5.60. The van der Waals surface area contributed by atoms with Gasteiger partial charge in [0.05, 0.1) is 55.2 Å². The zero-order valence-corrected chi connectivity index (χ0v) is 43.3. The number of benzene rings is 2. The number of likely N-dealkylation sites (tertiary alicyclic amines) is 2. The second-order valence-electron chi connectivity index (χ2n) is 20.6. The van der Waals surface area contributed by atoms with Crippen molar-refractivity contribution in [2.75, 3.05) is 52.3 Å². The minimum atomic E-state index is -1.50. The van der Waals surface area contributed by atoms with Crippen molar-refractivity contribution in [3.05, 3.63) is 88.0 Å². The van der Waals surface area contributed by atoms with Gasteiger partial charge >= 0.3 is 12.3 Å². The van der Waals surface area contributed by atoms with E-state index in [2.05, 4.69) is 34.7 Å². The number of amides is 2. The number of nitrogens with one attached hydrogen (secondary N) is 3. The van der Waals surface area contributed by atoms with E-state index < -0.39 is 71.8 Å². The summed E-state index contributed by atoms with van der Waals surface area (Å²) in [4.78, 5) is 79.0. The summed E-state index contributed by atoms with van der Waals surface area (Å²) in [5, 5.41) is 43.9. The molecule has 2 aromatic carbocycles. The molecule has 19 nitrogen and oxygen atoms in total. The number of allylic oxidation sites excluding steroid dienone is 5. The standard InChI is InChI=1S/C55H70N6O13/c1-30(2)29-60-20-16-55(17-21-60)58-46-43-44-49(66)33(5)52-45(43)51(68)54(74-52)72-22-9-8-13-37(25-36(62)26-40(63)31(3)11-10-12-32(4)53(69)57-48(50(44)67)47(46)59-55)73-42(65)28-41(64)61-18-14-34(15-19-61)56-35-23-38(70-6)27-39(24-35)71-7/h9-12,22-24,27,30-31,34,36-37,40,54,56,59,62-63,66H,8,13-21,25-26,28-29H2,1-7H3,(H,57,69)/b11-10+,22-9+,32-12-/t31?,36?,37-,40-,54+/m1/s1. The number of phenolic OH excluding ortho intramolecular Hbond substituents is 1. The number of aliphatic hydroxyl groups excluding tert-OH is 2. The van der Waals surface area contributed by atoms with Crippen molar-refractivity contribution in [2.24, 2.45) is 16.8 Å². The van der Waals surface area contributed by atoms with Crippen LogP contribution in [0.4, 0.5) is 5.69 Å². The maximum absolute atomic E-state index is 14.7. The summed E-state index contributed by atoms with van der Waals surface area (Å²) in [5.41, 5.74) is 0.629. The van der Waals surface area contributed by atoms with Crippen molar-refractivity contribution in [3.63, 3.8) is 0 Å². The van der Waals surface area contributed by atoms with Crippen LogP contribution in [-0.2, 0) is 23.9 Å². The Morgan fingerprint density at radius 1 is 0.946 bits per heavy atom. The number of carbonyl (C=O) groups excluding carboxylic acids is 5. The van der Waals surface area contributed by atoms with Gasteiger partial charge in [-0.1, -0.05) is 39.0 Å². The van der Waals surface area contributed by atoms with Crippen molar-refractivity contribution in [2.45, 2.75) is 129 Å². The number of methoxy groups -OCH3 is 2. The highest BCUT2D eigenvalue weighted by atomic mass is 16.7. The number of rotatable bonds is 9. The van der Waals surface area contributed by atoms with Gasteiger partial charge in [0.15, 0.2) is 0 Å². The van der Waals surface area contributed by atoms with Gasteiger partial charge in [-0.3, -0.25) is 29.0 Å². The molecule has 2 unspecified atom stereocenters. The van der Waals surface area contributed by atoms with Gasteiger partial charge in [0.25, 0.3) is 5.91 Å². The third-order valence-corrected chi connectivity index (χ3v) is 14.6. The molecule has 2 fully saturated rings. The Morgan fingerprint density at radius 2 is 1.65 bits per heavy atom. The second-order valence-corrected chi connectivity index (χ2v) is 20.6. The number of ketones is 2. The zero-order valence-electron chi connectivity index (χ0n) is 43.3. The number of esters is 1. The number of aliphatic imine (C=N–C) groups is 1. The normalized spacial score (nSPS) is 26.2. The molecule has 2 amide bonds. The van der Waals surface area contributed by atoms with E-state index in [-0.39, 0.29) is 88.3 Å². The predicted octanol–water partition coefficient (Wildman–Crippen LogP) is 5.35. The molecular weight excluding hydrogens is 953 g/mol. The van der Waals surface area contributed by atoms with Gasteiger partial charge in [-0.25, -0.2) is 0 Å². The quantitative estimate of drug-likeness (QED) is 0.137. The van der Waals surface area contributed by atoms with Gasteiger partial charge in [0, 0.05) is 105 Å².